The van der Waals surface area contributed by atoms with Gasteiger partial charge in [-0.3, -0.25) is 0 Å². The molecule has 0 unspecified atom stereocenters. The first kappa shape index (κ1) is 11.3. The van der Waals surface area contributed by atoms with Gasteiger partial charge in [-0.15, -0.1) is 11.8 Å². The van der Waals surface area contributed by atoms with Crippen LogP contribution in [0.25, 0.3) is 0 Å². The van der Waals surface area contributed by atoms with Crippen LogP contribution < -0.4 is 5.19 Å². The molecule has 0 saturated carbocycles. The first-order chi connectivity index (χ1) is 5.93. The van der Waals surface area contributed by atoms with Crippen LogP contribution in [0.5, 0.6) is 0 Å². The minimum absolute atomic E-state index is 1.16. The van der Waals surface area contributed by atoms with Gasteiger partial charge < -0.3 is 0 Å². The molecule has 0 heterocycles. The molecule has 0 bridgehead atoms. The average molecular weight is 275 g/mol. The zero-order valence-corrected chi connectivity index (χ0v) is 11.9. The average Bonchev–Trinajstić information content (AvgIpc) is 2.01. The van der Waals surface area contributed by atoms with E-state index >= 15 is 0 Å². The first-order valence-corrected chi connectivity index (χ1v) is 9.80. The highest BCUT2D eigenvalue weighted by Crippen LogP contribution is 2.20. The zero-order valence-electron chi connectivity index (χ0n) is 8.52. The fraction of sp³-hybridized carbons (Fsp3) is 0.400. The van der Waals surface area contributed by atoms with Gasteiger partial charge in [0.05, 0.1) is 8.07 Å². The topological polar surface area (TPSA) is 0 Å². The Kier molecular flexibility index (Phi) is 3.66. The van der Waals surface area contributed by atoms with Crippen molar-refractivity contribution in [2.24, 2.45) is 0 Å². The molecule has 0 radical (unpaired) electrons. The van der Waals surface area contributed by atoms with Gasteiger partial charge in [0.2, 0.25) is 0 Å². The van der Waals surface area contributed by atoms with Gasteiger partial charge in [-0.1, -0.05) is 40.8 Å². The van der Waals surface area contributed by atoms with Gasteiger partial charge >= 0.3 is 0 Å². The molecule has 0 aliphatic heterocycles. The minimum atomic E-state index is -1.16. The van der Waals surface area contributed by atoms with Crippen molar-refractivity contribution >= 4 is 41.0 Å². The monoisotopic (exact) mass is 274 g/mol. The lowest BCUT2D eigenvalue weighted by molar-refractivity contribution is 1.45. The lowest BCUT2D eigenvalue weighted by atomic mass is 10.4. The van der Waals surface area contributed by atoms with Gasteiger partial charge in [0, 0.05) is 9.37 Å². The Morgan fingerprint density at radius 3 is 2.23 bits per heavy atom. The van der Waals surface area contributed by atoms with E-state index in [-0.39, 0.29) is 0 Å². The summed E-state index contributed by atoms with van der Waals surface area (Å²) in [4.78, 5) is 1.35. The summed E-state index contributed by atoms with van der Waals surface area (Å²) in [5.74, 6) is 0. The Balaban J connectivity index is 3.16. The summed E-state index contributed by atoms with van der Waals surface area (Å²) in [6.07, 6.45) is 2.12. The highest BCUT2D eigenvalue weighted by Gasteiger charge is 2.17. The molecule has 1 aromatic rings. The van der Waals surface area contributed by atoms with Gasteiger partial charge in [0.25, 0.3) is 0 Å². The Hall–Kier alpha value is 0.267. The predicted molar refractivity (Wildman–Crippen MR) is 68.9 cm³/mol. The van der Waals surface area contributed by atoms with Crippen LogP contribution in [0.15, 0.2) is 27.6 Å². The van der Waals surface area contributed by atoms with E-state index in [1.807, 2.05) is 0 Å². The molecule has 72 valence electrons. The van der Waals surface area contributed by atoms with Gasteiger partial charge in [-0.25, -0.2) is 0 Å². The molecule has 0 aliphatic carbocycles. The van der Waals surface area contributed by atoms with Gasteiger partial charge in [-0.2, -0.15) is 0 Å². The molecule has 1 rings (SSSR count). The third-order valence-corrected chi connectivity index (χ3v) is 5.16. The minimum Gasteiger partial charge on any atom is -0.130 e. The Morgan fingerprint density at radius 2 is 1.77 bits per heavy atom. The summed E-state index contributed by atoms with van der Waals surface area (Å²) in [5, 5.41) is 1.52. The van der Waals surface area contributed by atoms with Gasteiger partial charge in [0.1, 0.15) is 0 Å². The second kappa shape index (κ2) is 4.19. The van der Waals surface area contributed by atoms with Crippen molar-refractivity contribution in [3.05, 3.63) is 22.7 Å². The fourth-order valence-corrected chi connectivity index (χ4v) is 3.74. The van der Waals surface area contributed by atoms with Gasteiger partial charge in [0.15, 0.2) is 0 Å². The molecular formula is C10H15BrSSi. The fourth-order valence-electron chi connectivity index (χ4n) is 1.11. The van der Waals surface area contributed by atoms with Crippen LogP contribution >= 0.6 is 27.7 Å². The first-order valence-electron chi connectivity index (χ1n) is 4.28. The molecule has 13 heavy (non-hydrogen) atoms. The van der Waals surface area contributed by atoms with Crippen LogP contribution in [0.2, 0.25) is 19.6 Å². The van der Waals surface area contributed by atoms with Crippen LogP contribution in [0, 0.1) is 0 Å². The predicted octanol–water partition coefficient (Wildman–Crippen LogP) is 3.72. The lowest BCUT2D eigenvalue weighted by Gasteiger charge is -2.17. The van der Waals surface area contributed by atoms with Crippen LogP contribution in [-0.4, -0.2) is 14.3 Å². The molecular weight excluding hydrogens is 260 g/mol. The van der Waals surface area contributed by atoms with E-state index in [9.17, 15) is 0 Å². The summed E-state index contributed by atoms with van der Waals surface area (Å²) < 4.78 is 1.21. The molecule has 0 spiro atoms. The van der Waals surface area contributed by atoms with E-state index in [1.54, 1.807) is 11.8 Å². The standard InChI is InChI=1S/C10H15BrSSi/c1-12-9-5-8(11)6-10(7-9)13(2,3)4/h5-7H,1-4H3. The maximum atomic E-state index is 3.56. The number of rotatable bonds is 2. The van der Waals surface area contributed by atoms with E-state index in [2.05, 4.69) is 60.0 Å². The van der Waals surface area contributed by atoms with E-state index in [0.29, 0.717) is 0 Å². The Morgan fingerprint density at radius 1 is 1.15 bits per heavy atom. The molecule has 0 fully saturated rings. The molecule has 0 aromatic heterocycles. The van der Waals surface area contributed by atoms with Crippen molar-refractivity contribution in [1.82, 2.24) is 0 Å². The van der Waals surface area contributed by atoms with Crippen molar-refractivity contribution in [2.45, 2.75) is 24.5 Å². The number of halogens is 1. The SMILES string of the molecule is CSc1cc(Br)cc([Si](C)(C)C)c1. The molecule has 0 saturated heterocycles. The third-order valence-electron chi connectivity index (χ3n) is 1.97. The van der Waals surface area contributed by atoms with Crippen LogP contribution in [-0.2, 0) is 0 Å². The number of hydrogen-bond donors (Lipinski definition) is 0. The highest BCUT2D eigenvalue weighted by atomic mass is 79.9. The summed E-state index contributed by atoms with van der Waals surface area (Å²) in [7, 11) is -1.16. The molecule has 0 nitrogen and oxygen atoms in total. The summed E-state index contributed by atoms with van der Waals surface area (Å²) in [6.45, 7) is 7.12. The summed E-state index contributed by atoms with van der Waals surface area (Å²) in [5.41, 5.74) is 0. The second-order valence-corrected chi connectivity index (χ2v) is 11.0. The van der Waals surface area contributed by atoms with Crippen LogP contribution in [0.1, 0.15) is 0 Å². The van der Waals surface area contributed by atoms with Crippen LogP contribution in [0.3, 0.4) is 0 Å². The van der Waals surface area contributed by atoms with Crippen molar-refractivity contribution in [3.63, 3.8) is 0 Å². The lowest BCUT2D eigenvalue weighted by Crippen LogP contribution is -2.37. The van der Waals surface area contributed by atoms with E-state index in [1.165, 1.54) is 14.6 Å². The molecule has 0 amide bonds. The quantitative estimate of drug-likeness (QED) is 0.585. The van der Waals surface area contributed by atoms with E-state index in [0.717, 1.165) is 0 Å². The molecule has 0 N–H and O–H groups in total. The normalized spacial score (nSPS) is 11.8. The van der Waals surface area contributed by atoms with Crippen molar-refractivity contribution in [2.75, 3.05) is 6.26 Å². The highest BCUT2D eigenvalue weighted by molar-refractivity contribution is 9.10. The Bertz CT molecular complexity index is 304. The summed E-state index contributed by atoms with van der Waals surface area (Å²) >= 11 is 5.36. The van der Waals surface area contributed by atoms with E-state index in [4.69, 9.17) is 0 Å². The van der Waals surface area contributed by atoms with Crippen LogP contribution in [0.4, 0.5) is 0 Å². The zero-order chi connectivity index (χ0) is 10.1. The van der Waals surface area contributed by atoms with E-state index < -0.39 is 8.07 Å². The maximum Gasteiger partial charge on any atom is 0.0776 e. The van der Waals surface area contributed by atoms with Crippen molar-refractivity contribution < 1.29 is 0 Å². The molecule has 1 aromatic carbocycles. The molecule has 3 heteroatoms. The second-order valence-electron chi connectivity index (χ2n) is 4.13. The largest absolute Gasteiger partial charge is 0.130 e. The number of thioether (sulfide) groups is 1. The van der Waals surface area contributed by atoms with Crippen molar-refractivity contribution in [3.8, 4) is 0 Å². The molecule has 0 atom stereocenters. The number of benzene rings is 1. The summed E-state index contributed by atoms with van der Waals surface area (Å²) in [6, 6.07) is 6.75. The Labute approximate surface area is 94.3 Å². The molecule has 0 aliphatic rings. The maximum absolute atomic E-state index is 3.56. The smallest absolute Gasteiger partial charge is 0.0776 e. The van der Waals surface area contributed by atoms with Crippen molar-refractivity contribution in [1.29, 1.82) is 0 Å². The van der Waals surface area contributed by atoms with Gasteiger partial charge in [-0.05, 0) is 24.5 Å². The number of hydrogen-bond acceptors (Lipinski definition) is 1. The third kappa shape index (κ3) is 3.15.